The number of aromatic nitrogens is 3. The zero-order valence-electron chi connectivity index (χ0n) is 10.4. The molecule has 0 spiro atoms. The van der Waals surface area contributed by atoms with E-state index in [4.69, 9.17) is 5.73 Å². The molecule has 2 N–H and O–H groups in total. The van der Waals surface area contributed by atoms with E-state index in [-0.39, 0.29) is 0 Å². The molecule has 4 nitrogen and oxygen atoms in total. The zero-order valence-corrected chi connectivity index (χ0v) is 10.4. The van der Waals surface area contributed by atoms with Gasteiger partial charge < -0.3 is 10.3 Å². The molecule has 3 aromatic rings. The summed E-state index contributed by atoms with van der Waals surface area (Å²) in [6.07, 6.45) is 7.37. The molecule has 0 aliphatic carbocycles. The second-order valence-electron chi connectivity index (χ2n) is 4.36. The van der Waals surface area contributed by atoms with Crippen LogP contribution in [0.3, 0.4) is 0 Å². The number of nitrogens with two attached hydrogens (primary N) is 1. The van der Waals surface area contributed by atoms with E-state index in [1.165, 1.54) is 5.56 Å². The van der Waals surface area contributed by atoms with E-state index < -0.39 is 0 Å². The summed E-state index contributed by atoms with van der Waals surface area (Å²) in [5.74, 6) is 0.920. The van der Waals surface area contributed by atoms with Gasteiger partial charge in [0.1, 0.15) is 5.82 Å². The Morgan fingerprint density at radius 3 is 2.68 bits per heavy atom. The number of hydrogen-bond acceptors (Lipinski definition) is 3. The maximum atomic E-state index is 5.82. The third-order valence-corrected chi connectivity index (χ3v) is 2.96. The van der Waals surface area contributed by atoms with Crippen molar-refractivity contribution in [3.8, 4) is 11.4 Å². The Morgan fingerprint density at radius 2 is 1.89 bits per heavy atom. The first kappa shape index (κ1) is 11.5. The van der Waals surface area contributed by atoms with Crippen LogP contribution in [-0.4, -0.2) is 14.5 Å². The molecule has 2 heterocycles. The highest BCUT2D eigenvalue weighted by atomic mass is 15.1. The number of anilines is 1. The van der Waals surface area contributed by atoms with Crippen molar-refractivity contribution >= 4 is 5.69 Å². The highest BCUT2D eigenvalue weighted by Crippen LogP contribution is 2.20. The minimum Gasteiger partial charge on any atom is -0.399 e. The smallest absolute Gasteiger partial charge is 0.140 e. The van der Waals surface area contributed by atoms with Crippen LogP contribution >= 0.6 is 0 Å². The summed E-state index contributed by atoms with van der Waals surface area (Å²) >= 11 is 0. The average molecular weight is 250 g/mol. The topological polar surface area (TPSA) is 56.7 Å². The Labute approximate surface area is 111 Å². The zero-order chi connectivity index (χ0) is 13.1. The van der Waals surface area contributed by atoms with Crippen molar-refractivity contribution in [3.05, 3.63) is 66.7 Å². The fourth-order valence-electron chi connectivity index (χ4n) is 2.06. The van der Waals surface area contributed by atoms with Gasteiger partial charge in [0, 0.05) is 42.6 Å². The molecule has 94 valence electrons. The first-order valence-electron chi connectivity index (χ1n) is 6.09. The van der Waals surface area contributed by atoms with Gasteiger partial charge in [-0.15, -0.1) is 0 Å². The molecule has 0 unspecified atom stereocenters. The standard InChI is InChI=1S/C15H14N4/c16-14-3-1-2-13(10-14)15-18-8-9-19(15)11-12-4-6-17-7-5-12/h1-10H,11,16H2. The highest BCUT2D eigenvalue weighted by Gasteiger charge is 2.06. The van der Waals surface area contributed by atoms with Crippen LogP contribution in [0.5, 0.6) is 0 Å². The third kappa shape index (κ3) is 2.47. The van der Waals surface area contributed by atoms with E-state index in [9.17, 15) is 0 Å². The minimum atomic E-state index is 0.746. The molecule has 19 heavy (non-hydrogen) atoms. The van der Waals surface area contributed by atoms with Crippen LogP contribution in [0.1, 0.15) is 5.56 Å². The van der Waals surface area contributed by atoms with Gasteiger partial charge in [0.05, 0.1) is 0 Å². The van der Waals surface area contributed by atoms with Gasteiger partial charge in [-0.1, -0.05) is 12.1 Å². The fraction of sp³-hybridized carbons (Fsp3) is 0.0667. The molecule has 0 fully saturated rings. The minimum absolute atomic E-state index is 0.746. The quantitative estimate of drug-likeness (QED) is 0.727. The van der Waals surface area contributed by atoms with E-state index >= 15 is 0 Å². The first-order valence-corrected chi connectivity index (χ1v) is 6.09. The molecule has 0 saturated heterocycles. The third-order valence-electron chi connectivity index (χ3n) is 2.96. The van der Waals surface area contributed by atoms with E-state index in [1.807, 2.05) is 42.6 Å². The molecule has 4 heteroatoms. The van der Waals surface area contributed by atoms with Gasteiger partial charge in [-0.05, 0) is 29.8 Å². The lowest BCUT2D eigenvalue weighted by Gasteiger charge is -2.08. The maximum Gasteiger partial charge on any atom is 0.140 e. The van der Waals surface area contributed by atoms with Crippen LogP contribution < -0.4 is 5.73 Å². The lowest BCUT2D eigenvalue weighted by Crippen LogP contribution is -2.01. The lowest BCUT2D eigenvalue weighted by atomic mass is 10.2. The van der Waals surface area contributed by atoms with Gasteiger partial charge in [-0.25, -0.2) is 4.98 Å². The van der Waals surface area contributed by atoms with Crippen LogP contribution in [0.2, 0.25) is 0 Å². The second kappa shape index (κ2) is 4.94. The molecular weight excluding hydrogens is 236 g/mol. The van der Waals surface area contributed by atoms with Gasteiger partial charge in [0.2, 0.25) is 0 Å². The molecule has 0 atom stereocenters. The first-order chi connectivity index (χ1) is 9.33. The Hall–Kier alpha value is -2.62. The molecule has 0 aliphatic rings. The Morgan fingerprint density at radius 1 is 1.05 bits per heavy atom. The van der Waals surface area contributed by atoms with Gasteiger partial charge in [0.25, 0.3) is 0 Å². The Kier molecular flexibility index (Phi) is 2.98. The van der Waals surface area contributed by atoms with Gasteiger partial charge >= 0.3 is 0 Å². The predicted octanol–water partition coefficient (Wildman–Crippen LogP) is 2.58. The van der Waals surface area contributed by atoms with Crippen LogP contribution in [0.15, 0.2) is 61.2 Å². The van der Waals surface area contributed by atoms with Gasteiger partial charge in [0.15, 0.2) is 0 Å². The highest BCUT2D eigenvalue weighted by molar-refractivity contribution is 5.61. The number of nitrogen functional groups attached to an aromatic ring is 1. The van der Waals surface area contributed by atoms with Crippen molar-refractivity contribution < 1.29 is 0 Å². The van der Waals surface area contributed by atoms with Crippen molar-refractivity contribution in [2.75, 3.05) is 5.73 Å². The second-order valence-corrected chi connectivity index (χ2v) is 4.36. The molecular formula is C15H14N4. The van der Waals surface area contributed by atoms with Crippen LogP contribution in [0.25, 0.3) is 11.4 Å². The molecule has 0 amide bonds. The van der Waals surface area contributed by atoms with Crippen LogP contribution in [-0.2, 0) is 6.54 Å². The summed E-state index contributed by atoms with van der Waals surface area (Å²) in [7, 11) is 0. The molecule has 2 aromatic heterocycles. The average Bonchev–Trinajstić information content (AvgIpc) is 2.88. The van der Waals surface area contributed by atoms with Crippen molar-refractivity contribution in [2.45, 2.75) is 6.54 Å². The van der Waals surface area contributed by atoms with E-state index in [2.05, 4.69) is 14.5 Å². The van der Waals surface area contributed by atoms with Crippen molar-refractivity contribution in [3.63, 3.8) is 0 Å². The number of imidazole rings is 1. The van der Waals surface area contributed by atoms with E-state index in [0.717, 1.165) is 23.6 Å². The molecule has 0 saturated carbocycles. The number of benzene rings is 1. The van der Waals surface area contributed by atoms with Gasteiger partial charge in [-0.3, -0.25) is 4.98 Å². The number of hydrogen-bond donors (Lipinski definition) is 1. The normalized spacial score (nSPS) is 10.5. The summed E-state index contributed by atoms with van der Waals surface area (Å²) in [5, 5.41) is 0. The van der Waals surface area contributed by atoms with Gasteiger partial charge in [-0.2, -0.15) is 0 Å². The van der Waals surface area contributed by atoms with Crippen LogP contribution in [0.4, 0.5) is 5.69 Å². The van der Waals surface area contributed by atoms with Crippen molar-refractivity contribution in [2.24, 2.45) is 0 Å². The lowest BCUT2D eigenvalue weighted by molar-refractivity contribution is 0.805. The monoisotopic (exact) mass is 250 g/mol. The van der Waals surface area contributed by atoms with Crippen molar-refractivity contribution in [1.82, 2.24) is 14.5 Å². The number of nitrogens with zero attached hydrogens (tertiary/aromatic N) is 3. The largest absolute Gasteiger partial charge is 0.399 e. The molecule has 1 aromatic carbocycles. The number of rotatable bonds is 3. The van der Waals surface area contributed by atoms with Crippen molar-refractivity contribution in [1.29, 1.82) is 0 Å². The fourth-order valence-corrected chi connectivity index (χ4v) is 2.06. The molecule has 3 rings (SSSR count). The SMILES string of the molecule is Nc1cccc(-c2nccn2Cc2ccncc2)c1. The van der Waals surface area contributed by atoms with Crippen LogP contribution in [0, 0.1) is 0 Å². The number of pyridine rings is 1. The Balaban J connectivity index is 1.95. The Bertz CT molecular complexity index is 673. The summed E-state index contributed by atoms with van der Waals surface area (Å²) in [5.41, 5.74) is 8.79. The molecule has 0 bridgehead atoms. The van der Waals surface area contributed by atoms with E-state index in [1.54, 1.807) is 18.6 Å². The maximum absolute atomic E-state index is 5.82. The summed E-state index contributed by atoms with van der Waals surface area (Å²) in [4.78, 5) is 8.44. The molecule has 0 aliphatic heterocycles. The summed E-state index contributed by atoms with van der Waals surface area (Å²) < 4.78 is 2.10. The summed E-state index contributed by atoms with van der Waals surface area (Å²) in [6.45, 7) is 0.770. The molecule has 0 radical (unpaired) electrons. The predicted molar refractivity (Wildman–Crippen MR) is 75.4 cm³/mol. The van der Waals surface area contributed by atoms with E-state index in [0.29, 0.717) is 0 Å². The summed E-state index contributed by atoms with van der Waals surface area (Å²) in [6, 6.07) is 11.8.